The molecular weight excluding hydrogens is 206 g/mol. The summed E-state index contributed by atoms with van der Waals surface area (Å²) in [5.41, 5.74) is 1.76. The molecule has 0 spiro atoms. The van der Waals surface area contributed by atoms with Gasteiger partial charge < -0.3 is 0 Å². The van der Waals surface area contributed by atoms with E-state index in [0.717, 1.165) is 43.9 Å². The van der Waals surface area contributed by atoms with Gasteiger partial charge >= 0.3 is 0 Å². The van der Waals surface area contributed by atoms with Crippen LogP contribution in [0.2, 0.25) is 0 Å². The van der Waals surface area contributed by atoms with Crippen LogP contribution in [-0.4, -0.2) is 34.1 Å². The topological polar surface area (TPSA) is 59.2 Å². The standard InChI is InChI=1S/C11H17N3O2/c1-8-11(13-16-12-8)7-14-5-3-10(4-6-14)9(2)15/h10H,3-7H2,1-2H3. The first-order chi connectivity index (χ1) is 7.66. The van der Waals surface area contributed by atoms with Gasteiger partial charge in [-0.15, -0.1) is 0 Å². The highest BCUT2D eigenvalue weighted by Crippen LogP contribution is 2.19. The molecule has 1 fully saturated rings. The van der Waals surface area contributed by atoms with E-state index in [0.29, 0.717) is 5.78 Å². The van der Waals surface area contributed by atoms with Crippen molar-refractivity contribution in [3.63, 3.8) is 0 Å². The maximum atomic E-state index is 11.2. The second-order valence-electron chi connectivity index (χ2n) is 4.46. The van der Waals surface area contributed by atoms with Crippen molar-refractivity contribution in [1.82, 2.24) is 15.2 Å². The largest absolute Gasteiger partial charge is 0.300 e. The number of nitrogens with zero attached hydrogens (tertiary/aromatic N) is 3. The first-order valence-corrected chi connectivity index (χ1v) is 5.67. The molecule has 2 rings (SSSR count). The lowest BCUT2D eigenvalue weighted by atomic mass is 9.93. The van der Waals surface area contributed by atoms with Crippen molar-refractivity contribution in [2.75, 3.05) is 13.1 Å². The molecule has 0 aromatic carbocycles. The van der Waals surface area contributed by atoms with Gasteiger partial charge in [0.05, 0.1) is 0 Å². The van der Waals surface area contributed by atoms with Crippen molar-refractivity contribution in [2.24, 2.45) is 5.92 Å². The minimum Gasteiger partial charge on any atom is -0.300 e. The highest BCUT2D eigenvalue weighted by molar-refractivity contribution is 5.78. The highest BCUT2D eigenvalue weighted by atomic mass is 16.6. The lowest BCUT2D eigenvalue weighted by molar-refractivity contribution is -0.122. The van der Waals surface area contributed by atoms with Crippen LogP contribution in [0.3, 0.4) is 0 Å². The Bertz CT molecular complexity index is 367. The van der Waals surface area contributed by atoms with Gasteiger partial charge in [0, 0.05) is 12.5 Å². The van der Waals surface area contributed by atoms with Crippen molar-refractivity contribution in [3.8, 4) is 0 Å². The highest BCUT2D eigenvalue weighted by Gasteiger charge is 2.23. The van der Waals surface area contributed by atoms with E-state index in [1.807, 2.05) is 6.92 Å². The molecule has 0 N–H and O–H groups in total. The summed E-state index contributed by atoms with van der Waals surface area (Å²) < 4.78 is 4.67. The van der Waals surface area contributed by atoms with E-state index in [4.69, 9.17) is 0 Å². The van der Waals surface area contributed by atoms with Crippen LogP contribution in [0.4, 0.5) is 0 Å². The molecule has 2 heterocycles. The molecule has 0 radical (unpaired) electrons. The van der Waals surface area contributed by atoms with Crippen LogP contribution in [0.25, 0.3) is 0 Å². The van der Waals surface area contributed by atoms with E-state index < -0.39 is 0 Å². The van der Waals surface area contributed by atoms with E-state index in [1.54, 1.807) is 6.92 Å². The van der Waals surface area contributed by atoms with E-state index in [-0.39, 0.29) is 5.92 Å². The zero-order valence-corrected chi connectivity index (χ0v) is 9.77. The minimum absolute atomic E-state index is 0.257. The third-order valence-corrected chi connectivity index (χ3v) is 3.28. The molecule has 0 bridgehead atoms. The van der Waals surface area contributed by atoms with Gasteiger partial charge in [0.15, 0.2) is 0 Å². The summed E-state index contributed by atoms with van der Waals surface area (Å²) in [5, 5.41) is 7.63. The zero-order valence-electron chi connectivity index (χ0n) is 9.77. The number of piperidine rings is 1. The van der Waals surface area contributed by atoms with Crippen molar-refractivity contribution in [1.29, 1.82) is 0 Å². The van der Waals surface area contributed by atoms with Gasteiger partial charge in [-0.05, 0) is 39.8 Å². The molecule has 5 nitrogen and oxygen atoms in total. The van der Waals surface area contributed by atoms with E-state index in [9.17, 15) is 4.79 Å². The molecule has 0 aliphatic carbocycles. The first-order valence-electron chi connectivity index (χ1n) is 5.67. The fraction of sp³-hybridized carbons (Fsp3) is 0.727. The molecule has 0 amide bonds. The Morgan fingerprint density at radius 3 is 2.62 bits per heavy atom. The molecule has 0 unspecified atom stereocenters. The SMILES string of the molecule is CC(=O)C1CCN(Cc2nonc2C)CC1. The summed E-state index contributed by atoms with van der Waals surface area (Å²) in [6, 6.07) is 0. The molecule has 0 atom stereocenters. The van der Waals surface area contributed by atoms with Crippen LogP contribution >= 0.6 is 0 Å². The number of aryl methyl sites for hydroxylation is 1. The molecule has 16 heavy (non-hydrogen) atoms. The Morgan fingerprint density at radius 1 is 1.44 bits per heavy atom. The van der Waals surface area contributed by atoms with Crippen molar-refractivity contribution < 1.29 is 9.42 Å². The van der Waals surface area contributed by atoms with Crippen LogP contribution in [0.5, 0.6) is 0 Å². The number of hydrogen-bond donors (Lipinski definition) is 0. The predicted octanol–water partition coefficient (Wildman–Crippen LogP) is 1.18. The average molecular weight is 223 g/mol. The number of carbonyl (C=O) groups excluding carboxylic acids is 1. The maximum Gasteiger partial charge on any atom is 0.133 e. The predicted molar refractivity (Wildman–Crippen MR) is 57.7 cm³/mol. The smallest absolute Gasteiger partial charge is 0.133 e. The fourth-order valence-corrected chi connectivity index (χ4v) is 2.10. The summed E-state index contributed by atoms with van der Waals surface area (Å²) in [6.07, 6.45) is 1.92. The Kier molecular flexibility index (Phi) is 3.33. The second kappa shape index (κ2) is 4.74. The number of aromatic nitrogens is 2. The number of carbonyl (C=O) groups is 1. The van der Waals surface area contributed by atoms with Crippen LogP contribution in [0, 0.1) is 12.8 Å². The van der Waals surface area contributed by atoms with Gasteiger partial charge in [0.1, 0.15) is 17.2 Å². The summed E-state index contributed by atoms with van der Waals surface area (Å²) in [7, 11) is 0. The number of rotatable bonds is 3. The molecule has 1 aliphatic heterocycles. The monoisotopic (exact) mass is 223 g/mol. The van der Waals surface area contributed by atoms with Crippen LogP contribution in [-0.2, 0) is 11.3 Å². The van der Waals surface area contributed by atoms with Gasteiger partial charge in [-0.1, -0.05) is 10.3 Å². The Hall–Kier alpha value is -1.23. The fourth-order valence-electron chi connectivity index (χ4n) is 2.10. The van der Waals surface area contributed by atoms with Crippen LogP contribution < -0.4 is 0 Å². The van der Waals surface area contributed by atoms with Gasteiger partial charge in [-0.25, -0.2) is 4.63 Å². The molecule has 5 heteroatoms. The molecule has 1 aromatic rings. The van der Waals surface area contributed by atoms with E-state index >= 15 is 0 Å². The lowest BCUT2D eigenvalue weighted by Gasteiger charge is -2.29. The normalized spacial score (nSPS) is 18.9. The zero-order chi connectivity index (χ0) is 11.5. The van der Waals surface area contributed by atoms with Gasteiger partial charge in [0.2, 0.25) is 0 Å². The molecule has 1 aromatic heterocycles. The molecule has 1 saturated heterocycles. The van der Waals surface area contributed by atoms with Gasteiger partial charge in [0.25, 0.3) is 0 Å². The average Bonchev–Trinajstić information content (AvgIpc) is 2.65. The second-order valence-corrected chi connectivity index (χ2v) is 4.46. The lowest BCUT2D eigenvalue weighted by Crippen LogP contribution is -2.35. The van der Waals surface area contributed by atoms with Crippen LogP contribution in [0.1, 0.15) is 31.2 Å². The Balaban J connectivity index is 1.86. The van der Waals surface area contributed by atoms with E-state index in [1.165, 1.54) is 0 Å². The summed E-state index contributed by atoms with van der Waals surface area (Å²) in [5.74, 6) is 0.576. The molecular formula is C11H17N3O2. The number of Topliss-reactive ketones (excluding diaryl/α,β-unsaturated/α-hetero) is 1. The minimum atomic E-state index is 0.257. The molecule has 0 saturated carbocycles. The Morgan fingerprint density at radius 2 is 2.12 bits per heavy atom. The van der Waals surface area contributed by atoms with E-state index in [2.05, 4.69) is 19.8 Å². The summed E-state index contributed by atoms with van der Waals surface area (Å²) in [4.78, 5) is 13.5. The maximum absolute atomic E-state index is 11.2. The van der Waals surface area contributed by atoms with Gasteiger partial charge in [-0.2, -0.15) is 0 Å². The summed E-state index contributed by atoms with van der Waals surface area (Å²) in [6.45, 7) is 6.27. The number of likely N-dealkylation sites (tertiary alicyclic amines) is 1. The first kappa shape index (κ1) is 11.3. The summed E-state index contributed by atoms with van der Waals surface area (Å²) >= 11 is 0. The number of ketones is 1. The van der Waals surface area contributed by atoms with Crippen molar-refractivity contribution in [2.45, 2.75) is 33.2 Å². The molecule has 1 aliphatic rings. The third kappa shape index (κ3) is 2.47. The van der Waals surface area contributed by atoms with Crippen molar-refractivity contribution in [3.05, 3.63) is 11.4 Å². The quantitative estimate of drug-likeness (QED) is 0.770. The third-order valence-electron chi connectivity index (χ3n) is 3.28. The molecule has 88 valence electrons. The Labute approximate surface area is 94.8 Å². The van der Waals surface area contributed by atoms with Crippen molar-refractivity contribution >= 4 is 5.78 Å². The van der Waals surface area contributed by atoms with Crippen LogP contribution in [0.15, 0.2) is 4.63 Å². The van der Waals surface area contributed by atoms with Gasteiger partial charge in [-0.3, -0.25) is 9.69 Å². The number of hydrogen-bond acceptors (Lipinski definition) is 5.